The van der Waals surface area contributed by atoms with Crippen molar-refractivity contribution in [2.45, 2.75) is 6.92 Å². The van der Waals surface area contributed by atoms with Gasteiger partial charge in [0.25, 0.3) is 11.8 Å². The number of carbonyl (C=O) groups is 3. The summed E-state index contributed by atoms with van der Waals surface area (Å²) in [4.78, 5) is 46.8. The Morgan fingerprint density at radius 3 is 2.29 bits per heavy atom. The van der Waals surface area contributed by atoms with Gasteiger partial charge in [-0.3, -0.25) is 19.3 Å². The van der Waals surface area contributed by atoms with Crippen molar-refractivity contribution in [2.24, 2.45) is 0 Å². The Balaban J connectivity index is 1.26. The number of amides is 3. The lowest BCUT2D eigenvalue weighted by Gasteiger charge is -2.14. The van der Waals surface area contributed by atoms with Crippen LogP contribution in [0, 0.1) is 6.92 Å². The number of aryl methyl sites for hydroxylation is 1. The standard InChI is InChI=1S/C24H24N6O4/c1-15-13-20(28-16-7-9-17(34-2)10-8-16)29-24(27-15)26-12-11-25-21(31)14-30-22(32)18-5-3-4-6-19(18)23(30)33/h3-10,13H,11-12,14H2,1-2H3,(H,25,31)(H2,26,27,28,29). The van der Waals surface area contributed by atoms with Gasteiger partial charge in [-0.2, -0.15) is 4.98 Å². The van der Waals surface area contributed by atoms with Crippen LogP contribution in [0.3, 0.4) is 0 Å². The number of methoxy groups -OCH3 is 1. The number of rotatable bonds is 9. The van der Waals surface area contributed by atoms with E-state index in [9.17, 15) is 14.4 Å². The van der Waals surface area contributed by atoms with Gasteiger partial charge in [0, 0.05) is 30.5 Å². The first-order chi connectivity index (χ1) is 16.4. The molecule has 0 fully saturated rings. The highest BCUT2D eigenvalue weighted by molar-refractivity contribution is 6.22. The summed E-state index contributed by atoms with van der Waals surface area (Å²) in [6.07, 6.45) is 0. The number of imide groups is 1. The molecule has 3 aromatic rings. The van der Waals surface area contributed by atoms with E-state index in [-0.39, 0.29) is 13.1 Å². The van der Waals surface area contributed by atoms with Gasteiger partial charge >= 0.3 is 0 Å². The maximum Gasteiger partial charge on any atom is 0.262 e. The zero-order valence-electron chi connectivity index (χ0n) is 18.8. The van der Waals surface area contributed by atoms with Gasteiger partial charge in [-0.05, 0) is 43.3 Å². The summed E-state index contributed by atoms with van der Waals surface area (Å²) in [5.41, 5.74) is 2.25. The summed E-state index contributed by atoms with van der Waals surface area (Å²) >= 11 is 0. The van der Waals surface area contributed by atoms with Crippen LogP contribution in [-0.2, 0) is 4.79 Å². The lowest BCUT2D eigenvalue weighted by molar-refractivity contribution is -0.121. The molecule has 3 amide bonds. The molecule has 10 heteroatoms. The summed E-state index contributed by atoms with van der Waals surface area (Å²) in [6.45, 7) is 2.15. The van der Waals surface area contributed by atoms with Crippen LogP contribution in [0.25, 0.3) is 0 Å². The predicted molar refractivity (Wildman–Crippen MR) is 126 cm³/mol. The van der Waals surface area contributed by atoms with E-state index in [0.717, 1.165) is 22.0 Å². The molecule has 10 nitrogen and oxygen atoms in total. The van der Waals surface area contributed by atoms with E-state index >= 15 is 0 Å². The quantitative estimate of drug-likeness (QED) is 0.328. The molecule has 0 bridgehead atoms. The Morgan fingerprint density at radius 2 is 1.65 bits per heavy atom. The van der Waals surface area contributed by atoms with Crippen LogP contribution in [0.1, 0.15) is 26.4 Å². The maximum absolute atomic E-state index is 12.4. The molecule has 1 aromatic heterocycles. The fourth-order valence-corrected chi connectivity index (χ4v) is 3.49. The third-order valence-electron chi connectivity index (χ3n) is 5.13. The van der Waals surface area contributed by atoms with E-state index in [0.29, 0.717) is 29.4 Å². The van der Waals surface area contributed by atoms with Gasteiger partial charge in [-0.1, -0.05) is 12.1 Å². The molecule has 0 aliphatic carbocycles. The third-order valence-corrected chi connectivity index (χ3v) is 5.13. The number of nitrogens with zero attached hydrogens (tertiary/aromatic N) is 3. The van der Waals surface area contributed by atoms with Gasteiger partial charge in [0.1, 0.15) is 18.1 Å². The molecule has 0 saturated carbocycles. The van der Waals surface area contributed by atoms with Crippen molar-refractivity contribution in [1.29, 1.82) is 0 Å². The Labute approximate surface area is 196 Å². The fourth-order valence-electron chi connectivity index (χ4n) is 3.49. The molecule has 0 radical (unpaired) electrons. The second kappa shape index (κ2) is 9.99. The number of nitrogens with one attached hydrogen (secondary N) is 3. The van der Waals surface area contributed by atoms with Crippen molar-refractivity contribution >= 4 is 35.2 Å². The molecule has 34 heavy (non-hydrogen) atoms. The Bertz CT molecular complexity index is 1190. The minimum absolute atomic E-state index is 0.264. The summed E-state index contributed by atoms with van der Waals surface area (Å²) < 4.78 is 5.16. The lowest BCUT2D eigenvalue weighted by Crippen LogP contribution is -2.41. The first-order valence-corrected chi connectivity index (χ1v) is 10.7. The molecule has 0 saturated heterocycles. The third kappa shape index (κ3) is 5.12. The first-order valence-electron chi connectivity index (χ1n) is 10.7. The van der Waals surface area contributed by atoms with E-state index in [1.807, 2.05) is 37.3 Å². The molecule has 2 aromatic carbocycles. The summed E-state index contributed by atoms with van der Waals surface area (Å²) in [5, 5.41) is 8.98. The number of hydrogen-bond acceptors (Lipinski definition) is 8. The smallest absolute Gasteiger partial charge is 0.262 e. The Hall–Kier alpha value is -4.47. The molecule has 3 N–H and O–H groups in total. The second-order valence-corrected chi connectivity index (χ2v) is 7.59. The molecule has 174 valence electrons. The van der Waals surface area contributed by atoms with E-state index in [4.69, 9.17) is 4.74 Å². The van der Waals surface area contributed by atoms with Gasteiger partial charge in [0.05, 0.1) is 18.2 Å². The van der Waals surface area contributed by atoms with E-state index < -0.39 is 17.7 Å². The molecule has 1 aliphatic rings. The average Bonchev–Trinajstić information content (AvgIpc) is 3.07. The number of anilines is 3. The normalized spacial score (nSPS) is 12.4. The van der Waals surface area contributed by atoms with Gasteiger partial charge in [0.2, 0.25) is 11.9 Å². The largest absolute Gasteiger partial charge is 0.497 e. The monoisotopic (exact) mass is 460 g/mol. The van der Waals surface area contributed by atoms with Gasteiger partial charge in [0.15, 0.2) is 0 Å². The molecule has 2 heterocycles. The van der Waals surface area contributed by atoms with Crippen LogP contribution >= 0.6 is 0 Å². The Kier molecular flexibility index (Phi) is 6.67. The second-order valence-electron chi connectivity index (χ2n) is 7.59. The number of fused-ring (bicyclic) bond motifs is 1. The van der Waals surface area contributed by atoms with Crippen LogP contribution in [0.2, 0.25) is 0 Å². The van der Waals surface area contributed by atoms with E-state index in [1.165, 1.54) is 0 Å². The van der Waals surface area contributed by atoms with Gasteiger partial charge < -0.3 is 20.7 Å². The van der Waals surface area contributed by atoms with E-state index in [1.54, 1.807) is 31.4 Å². The van der Waals surface area contributed by atoms with Crippen molar-refractivity contribution in [3.63, 3.8) is 0 Å². The minimum Gasteiger partial charge on any atom is -0.497 e. The summed E-state index contributed by atoms with van der Waals surface area (Å²) in [6, 6.07) is 15.8. The van der Waals surface area contributed by atoms with Crippen molar-refractivity contribution in [2.75, 3.05) is 37.4 Å². The first kappa shape index (κ1) is 22.7. The SMILES string of the molecule is COc1ccc(Nc2cc(C)nc(NCCNC(=O)CN3C(=O)c4ccccc4C3=O)n2)cc1. The molecule has 0 atom stereocenters. The van der Waals surface area contributed by atoms with Crippen LogP contribution in [0.5, 0.6) is 5.75 Å². The molecular weight excluding hydrogens is 436 g/mol. The lowest BCUT2D eigenvalue weighted by atomic mass is 10.1. The van der Waals surface area contributed by atoms with Crippen molar-refractivity contribution in [3.8, 4) is 5.75 Å². The van der Waals surface area contributed by atoms with Crippen LogP contribution in [0.4, 0.5) is 17.5 Å². The number of carbonyl (C=O) groups excluding carboxylic acids is 3. The zero-order chi connectivity index (χ0) is 24.1. The molecule has 1 aliphatic heterocycles. The number of aromatic nitrogens is 2. The number of benzene rings is 2. The summed E-state index contributed by atoms with van der Waals surface area (Å²) in [7, 11) is 1.61. The van der Waals surface area contributed by atoms with Gasteiger partial charge in [-0.15, -0.1) is 0 Å². The van der Waals surface area contributed by atoms with Crippen molar-refractivity contribution in [3.05, 3.63) is 71.4 Å². The minimum atomic E-state index is -0.459. The average molecular weight is 460 g/mol. The zero-order valence-corrected chi connectivity index (χ0v) is 18.8. The van der Waals surface area contributed by atoms with Crippen LogP contribution in [-0.4, -0.2) is 59.3 Å². The number of ether oxygens (including phenoxy) is 1. The van der Waals surface area contributed by atoms with Crippen molar-refractivity contribution < 1.29 is 19.1 Å². The fraction of sp³-hybridized carbons (Fsp3) is 0.208. The molecule has 4 rings (SSSR count). The Morgan fingerprint density at radius 1 is 0.971 bits per heavy atom. The number of hydrogen-bond donors (Lipinski definition) is 3. The summed E-state index contributed by atoms with van der Waals surface area (Å²) in [5.74, 6) is 0.443. The van der Waals surface area contributed by atoms with E-state index in [2.05, 4.69) is 25.9 Å². The highest BCUT2D eigenvalue weighted by atomic mass is 16.5. The molecular formula is C24H24N6O4. The molecule has 0 unspecified atom stereocenters. The van der Waals surface area contributed by atoms with Crippen molar-refractivity contribution in [1.82, 2.24) is 20.2 Å². The molecule has 0 spiro atoms. The topological polar surface area (TPSA) is 126 Å². The highest BCUT2D eigenvalue weighted by Crippen LogP contribution is 2.22. The van der Waals surface area contributed by atoms with Crippen LogP contribution in [0.15, 0.2) is 54.6 Å². The van der Waals surface area contributed by atoms with Gasteiger partial charge in [-0.25, -0.2) is 4.98 Å². The highest BCUT2D eigenvalue weighted by Gasteiger charge is 2.36. The predicted octanol–water partition coefficient (Wildman–Crippen LogP) is 2.36. The van der Waals surface area contributed by atoms with Crippen LogP contribution < -0.4 is 20.7 Å². The maximum atomic E-state index is 12.4.